The molecule has 1 aromatic heterocycles. The summed E-state index contributed by atoms with van der Waals surface area (Å²) >= 11 is 0. The van der Waals surface area contributed by atoms with Gasteiger partial charge in [-0.1, -0.05) is 12.1 Å². The fourth-order valence-electron chi connectivity index (χ4n) is 1.73. The molecule has 0 bridgehead atoms. The number of ether oxygens (including phenoxy) is 1. The van der Waals surface area contributed by atoms with Crippen molar-refractivity contribution in [2.24, 2.45) is 0 Å². The van der Waals surface area contributed by atoms with Gasteiger partial charge in [-0.2, -0.15) is 0 Å². The van der Waals surface area contributed by atoms with Gasteiger partial charge in [0.25, 0.3) is 6.47 Å². The quantitative estimate of drug-likeness (QED) is 0.735. The molecule has 1 unspecified atom stereocenters. The molecule has 0 fully saturated rings. The molecule has 0 saturated heterocycles. The highest BCUT2D eigenvalue weighted by atomic mass is 16.5. The van der Waals surface area contributed by atoms with Crippen molar-refractivity contribution in [1.82, 2.24) is 4.98 Å². The van der Waals surface area contributed by atoms with Crippen LogP contribution in [0.4, 0.5) is 0 Å². The Morgan fingerprint density at radius 1 is 1.44 bits per heavy atom. The Balaban J connectivity index is 2.22. The van der Waals surface area contributed by atoms with Crippen molar-refractivity contribution in [1.29, 1.82) is 0 Å². The number of rotatable bonds is 4. The summed E-state index contributed by atoms with van der Waals surface area (Å²) in [5.41, 5.74) is 2.13. The fraction of sp³-hybridized carbons (Fsp3) is 0.231. The first-order valence-electron chi connectivity index (χ1n) is 5.22. The second-order valence-corrected chi connectivity index (χ2v) is 3.78. The molecule has 1 atom stereocenters. The van der Waals surface area contributed by atoms with Crippen LogP contribution in [-0.4, -0.2) is 17.6 Å². The lowest BCUT2D eigenvalue weighted by atomic mass is 10.1. The predicted octanol–water partition coefficient (Wildman–Crippen LogP) is 2.34. The molecule has 0 saturated carbocycles. The highest BCUT2D eigenvalue weighted by Crippen LogP contribution is 2.15. The lowest BCUT2D eigenvalue weighted by Gasteiger charge is -2.09. The molecule has 0 aliphatic heterocycles. The van der Waals surface area contributed by atoms with Gasteiger partial charge in [0, 0.05) is 18.0 Å². The van der Waals surface area contributed by atoms with Gasteiger partial charge in [-0.25, -0.2) is 0 Å². The number of benzene rings is 1. The van der Waals surface area contributed by atoms with E-state index < -0.39 is 0 Å². The third-order valence-electron chi connectivity index (χ3n) is 2.48. The summed E-state index contributed by atoms with van der Waals surface area (Å²) in [6.07, 6.45) is 2.41. The Kier molecular flexibility index (Phi) is 3.15. The van der Waals surface area contributed by atoms with Crippen molar-refractivity contribution in [2.75, 3.05) is 0 Å². The van der Waals surface area contributed by atoms with Gasteiger partial charge in [0.15, 0.2) is 0 Å². The molecule has 0 aliphatic carbocycles. The second-order valence-electron chi connectivity index (χ2n) is 3.78. The molecule has 1 aromatic carbocycles. The first-order chi connectivity index (χ1) is 7.79. The van der Waals surface area contributed by atoms with E-state index in [1.165, 1.54) is 0 Å². The molecule has 82 valence electrons. The minimum absolute atomic E-state index is 0.0911. The highest BCUT2D eigenvalue weighted by Gasteiger charge is 2.04. The molecular formula is C13H13NO2. The Morgan fingerprint density at radius 3 is 3.12 bits per heavy atom. The number of pyridine rings is 1. The van der Waals surface area contributed by atoms with Crippen LogP contribution >= 0.6 is 0 Å². The Hall–Kier alpha value is -1.90. The molecule has 0 radical (unpaired) electrons. The van der Waals surface area contributed by atoms with Crippen molar-refractivity contribution in [3.05, 3.63) is 42.1 Å². The van der Waals surface area contributed by atoms with Crippen molar-refractivity contribution in [2.45, 2.75) is 19.4 Å². The maximum atomic E-state index is 10.2. The summed E-state index contributed by atoms with van der Waals surface area (Å²) in [7, 11) is 0. The van der Waals surface area contributed by atoms with Crippen LogP contribution in [0.2, 0.25) is 0 Å². The summed E-state index contributed by atoms with van der Waals surface area (Å²) in [5, 5.41) is 1.11. The zero-order valence-electron chi connectivity index (χ0n) is 9.09. The van der Waals surface area contributed by atoms with Gasteiger partial charge in [-0.3, -0.25) is 9.78 Å². The van der Waals surface area contributed by atoms with Gasteiger partial charge in [-0.05, 0) is 30.7 Å². The Labute approximate surface area is 94.1 Å². The van der Waals surface area contributed by atoms with Crippen LogP contribution in [-0.2, 0) is 16.0 Å². The van der Waals surface area contributed by atoms with E-state index in [0.717, 1.165) is 22.9 Å². The summed E-state index contributed by atoms with van der Waals surface area (Å²) in [6, 6.07) is 10.0. The summed E-state index contributed by atoms with van der Waals surface area (Å²) < 4.78 is 4.86. The van der Waals surface area contributed by atoms with E-state index in [1.54, 1.807) is 6.20 Å². The van der Waals surface area contributed by atoms with Crippen molar-refractivity contribution < 1.29 is 9.53 Å². The number of hydrogen-bond donors (Lipinski definition) is 0. The van der Waals surface area contributed by atoms with Crippen molar-refractivity contribution >= 4 is 17.4 Å². The SMILES string of the molecule is CC(Cc1ccc2ncccc2c1)OC=O. The van der Waals surface area contributed by atoms with Gasteiger partial charge < -0.3 is 4.74 Å². The highest BCUT2D eigenvalue weighted by molar-refractivity contribution is 5.78. The average Bonchev–Trinajstić information content (AvgIpc) is 2.29. The number of aromatic nitrogens is 1. The molecule has 2 rings (SSSR count). The molecule has 16 heavy (non-hydrogen) atoms. The van der Waals surface area contributed by atoms with E-state index in [9.17, 15) is 4.79 Å². The van der Waals surface area contributed by atoms with Crippen LogP contribution in [0.15, 0.2) is 36.5 Å². The van der Waals surface area contributed by atoms with E-state index in [2.05, 4.69) is 11.1 Å². The molecule has 2 aromatic rings. The molecule has 0 aliphatic rings. The molecule has 0 amide bonds. The molecule has 3 nitrogen and oxygen atoms in total. The standard InChI is InChI=1S/C13H13NO2/c1-10(16-9-15)7-11-4-5-13-12(8-11)3-2-6-14-13/h2-6,8-10H,7H2,1H3. The zero-order valence-corrected chi connectivity index (χ0v) is 9.09. The van der Waals surface area contributed by atoms with E-state index in [1.807, 2.05) is 31.2 Å². The maximum Gasteiger partial charge on any atom is 0.293 e. The van der Waals surface area contributed by atoms with Crippen molar-refractivity contribution in [3.63, 3.8) is 0 Å². The summed E-state index contributed by atoms with van der Waals surface area (Å²) in [5.74, 6) is 0. The summed E-state index contributed by atoms with van der Waals surface area (Å²) in [6.45, 7) is 2.37. The first kappa shape index (κ1) is 10.6. The largest absolute Gasteiger partial charge is 0.465 e. The second kappa shape index (κ2) is 4.75. The van der Waals surface area contributed by atoms with Crippen LogP contribution in [0.3, 0.4) is 0 Å². The van der Waals surface area contributed by atoms with Gasteiger partial charge in [0.05, 0.1) is 5.52 Å². The van der Waals surface area contributed by atoms with Gasteiger partial charge in [0.1, 0.15) is 6.10 Å². The topological polar surface area (TPSA) is 39.2 Å². The van der Waals surface area contributed by atoms with Crippen LogP contribution in [0.5, 0.6) is 0 Å². The smallest absolute Gasteiger partial charge is 0.293 e. The van der Waals surface area contributed by atoms with Gasteiger partial charge >= 0.3 is 0 Å². The third-order valence-corrected chi connectivity index (χ3v) is 2.48. The monoisotopic (exact) mass is 215 g/mol. The van der Waals surface area contributed by atoms with Crippen LogP contribution in [0.25, 0.3) is 10.9 Å². The van der Waals surface area contributed by atoms with E-state index in [0.29, 0.717) is 6.47 Å². The maximum absolute atomic E-state index is 10.2. The zero-order chi connectivity index (χ0) is 11.4. The lowest BCUT2D eigenvalue weighted by Crippen LogP contribution is -2.10. The minimum atomic E-state index is -0.0911. The first-order valence-corrected chi connectivity index (χ1v) is 5.22. The molecule has 0 spiro atoms. The van der Waals surface area contributed by atoms with E-state index in [4.69, 9.17) is 4.74 Å². The number of carbonyl (C=O) groups excluding carboxylic acids is 1. The van der Waals surface area contributed by atoms with Crippen LogP contribution in [0, 0.1) is 0 Å². The normalized spacial score (nSPS) is 12.3. The average molecular weight is 215 g/mol. The summed E-state index contributed by atoms with van der Waals surface area (Å²) in [4.78, 5) is 14.4. The lowest BCUT2D eigenvalue weighted by molar-refractivity contribution is -0.132. The number of hydrogen-bond acceptors (Lipinski definition) is 3. The van der Waals surface area contributed by atoms with Gasteiger partial charge in [-0.15, -0.1) is 0 Å². The van der Waals surface area contributed by atoms with Crippen LogP contribution < -0.4 is 0 Å². The van der Waals surface area contributed by atoms with E-state index >= 15 is 0 Å². The van der Waals surface area contributed by atoms with Gasteiger partial charge in [0.2, 0.25) is 0 Å². The predicted molar refractivity (Wildman–Crippen MR) is 62.1 cm³/mol. The van der Waals surface area contributed by atoms with Crippen LogP contribution in [0.1, 0.15) is 12.5 Å². The molecule has 1 heterocycles. The molecule has 0 N–H and O–H groups in total. The number of carbonyl (C=O) groups is 1. The number of nitrogens with zero attached hydrogens (tertiary/aromatic N) is 1. The Morgan fingerprint density at radius 2 is 2.31 bits per heavy atom. The molecular weight excluding hydrogens is 202 g/mol. The third kappa shape index (κ3) is 2.37. The number of fused-ring (bicyclic) bond motifs is 1. The minimum Gasteiger partial charge on any atom is -0.465 e. The fourth-order valence-corrected chi connectivity index (χ4v) is 1.73. The molecule has 3 heteroatoms. The van der Waals surface area contributed by atoms with E-state index in [-0.39, 0.29) is 6.10 Å². The van der Waals surface area contributed by atoms with Crippen molar-refractivity contribution in [3.8, 4) is 0 Å². The Bertz CT molecular complexity index is 496.